The Balaban J connectivity index is 3.06. The molecule has 0 spiro atoms. The first-order valence-corrected chi connectivity index (χ1v) is 5.97. The number of ether oxygens (including phenoxy) is 1. The monoisotopic (exact) mass is 201 g/mol. The highest BCUT2D eigenvalue weighted by Gasteiger charge is 2.05. The van der Waals surface area contributed by atoms with Crippen LogP contribution >= 0.6 is 0 Å². The van der Waals surface area contributed by atoms with E-state index in [0.717, 1.165) is 38.1 Å². The zero-order valence-corrected chi connectivity index (χ0v) is 10.3. The van der Waals surface area contributed by atoms with E-state index in [-0.39, 0.29) is 0 Å². The SMILES string of the molecule is CCCCOCCNCC(C)C(C)C. The van der Waals surface area contributed by atoms with Gasteiger partial charge in [-0.2, -0.15) is 0 Å². The highest BCUT2D eigenvalue weighted by atomic mass is 16.5. The summed E-state index contributed by atoms with van der Waals surface area (Å²) in [5.41, 5.74) is 0. The number of hydrogen-bond acceptors (Lipinski definition) is 2. The molecule has 0 saturated carbocycles. The third kappa shape index (κ3) is 8.52. The van der Waals surface area contributed by atoms with Crippen LogP contribution in [0, 0.1) is 11.8 Å². The highest BCUT2D eigenvalue weighted by Crippen LogP contribution is 2.06. The van der Waals surface area contributed by atoms with Crippen LogP contribution in [0.4, 0.5) is 0 Å². The lowest BCUT2D eigenvalue weighted by Crippen LogP contribution is -2.27. The molecule has 0 aromatic carbocycles. The molecule has 0 rings (SSSR count). The number of rotatable bonds is 9. The lowest BCUT2D eigenvalue weighted by atomic mass is 9.98. The molecule has 1 atom stereocenters. The Morgan fingerprint density at radius 3 is 2.43 bits per heavy atom. The fourth-order valence-electron chi connectivity index (χ4n) is 1.06. The first-order chi connectivity index (χ1) is 6.68. The minimum atomic E-state index is 0.755. The van der Waals surface area contributed by atoms with Gasteiger partial charge in [0, 0.05) is 13.2 Å². The van der Waals surface area contributed by atoms with Crippen LogP contribution in [-0.4, -0.2) is 26.3 Å². The van der Waals surface area contributed by atoms with Crippen LogP contribution in [0.15, 0.2) is 0 Å². The van der Waals surface area contributed by atoms with E-state index in [1.807, 2.05) is 0 Å². The first kappa shape index (κ1) is 13.9. The zero-order valence-electron chi connectivity index (χ0n) is 10.3. The van der Waals surface area contributed by atoms with E-state index in [0.29, 0.717) is 0 Å². The molecular weight excluding hydrogens is 174 g/mol. The average Bonchev–Trinajstić information content (AvgIpc) is 2.16. The maximum Gasteiger partial charge on any atom is 0.0590 e. The summed E-state index contributed by atoms with van der Waals surface area (Å²) < 4.78 is 5.45. The molecule has 0 heterocycles. The molecule has 0 saturated heterocycles. The maximum atomic E-state index is 5.45. The van der Waals surface area contributed by atoms with Crippen molar-refractivity contribution >= 4 is 0 Å². The molecular formula is C12H27NO. The third-order valence-electron chi connectivity index (χ3n) is 2.67. The fraction of sp³-hybridized carbons (Fsp3) is 1.00. The van der Waals surface area contributed by atoms with Gasteiger partial charge in [0.1, 0.15) is 0 Å². The molecule has 86 valence electrons. The Morgan fingerprint density at radius 2 is 1.86 bits per heavy atom. The molecule has 1 N–H and O–H groups in total. The predicted molar refractivity (Wildman–Crippen MR) is 62.6 cm³/mol. The molecule has 14 heavy (non-hydrogen) atoms. The van der Waals surface area contributed by atoms with E-state index in [9.17, 15) is 0 Å². The van der Waals surface area contributed by atoms with Gasteiger partial charge in [0.15, 0.2) is 0 Å². The predicted octanol–water partition coefficient (Wildman–Crippen LogP) is 2.68. The summed E-state index contributed by atoms with van der Waals surface area (Å²) in [7, 11) is 0. The Morgan fingerprint density at radius 1 is 1.14 bits per heavy atom. The lowest BCUT2D eigenvalue weighted by molar-refractivity contribution is 0.132. The van der Waals surface area contributed by atoms with Gasteiger partial charge < -0.3 is 10.1 Å². The smallest absolute Gasteiger partial charge is 0.0590 e. The molecule has 2 nitrogen and oxygen atoms in total. The maximum absolute atomic E-state index is 5.45. The van der Waals surface area contributed by atoms with Crippen LogP contribution < -0.4 is 5.32 Å². The molecule has 0 aliphatic heterocycles. The Kier molecular flexibility index (Phi) is 9.42. The summed E-state index contributed by atoms with van der Waals surface area (Å²) in [6.07, 6.45) is 2.40. The summed E-state index contributed by atoms with van der Waals surface area (Å²) in [5, 5.41) is 3.42. The molecule has 0 aliphatic carbocycles. The summed E-state index contributed by atoms with van der Waals surface area (Å²) in [6.45, 7) is 12.9. The van der Waals surface area contributed by atoms with Crippen molar-refractivity contribution in [2.75, 3.05) is 26.3 Å². The summed E-state index contributed by atoms with van der Waals surface area (Å²) in [6, 6.07) is 0. The van der Waals surface area contributed by atoms with Gasteiger partial charge in [0.25, 0.3) is 0 Å². The van der Waals surface area contributed by atoms with E-state index in [1.54, 1.807) is 0 Å². The summed E-state index contributed by atoms with van der Waals surface area (Å²) in [5.74, 6) is 1.52. The van der Waals surface area contributed by atoms with E-state index in [2.05, 4.69) is 33.0 Å². The second-order valence-corrected chi connectivity index (χ2v) is 4.39. The lowest BCUT2D eigenvalue weighted by Gasteiger charge is -2.15. The minimum absolute atomic E-state index is 0.755. The van der Waals surface area contributed by atoms with Gasteiger partial charge in [-0.05, 0) is 24.8 Å². The normalized spacial score (nSPS) is 13.5. The van der Waals surface area contributed by atoms with Crippen molar-refractivity contribution in [3.63, 3.8) is 0 Å². The quantitative estimate of drug-likeness (QED) is 0.579. The van der Waals surface area contributed by atoms with E-state index < -0.39 is 0 Å². The molecule has 0 aromatic rings. The first-order valence-electron chi connectivity index (χ1n) is 5.97. The number of nitrogens with one attached hydrogen (secondary N) is 1. The second-order valence-electron chi connectivity index (χ2n) is 4.39. The van der Waals surface area contributed by atoms with Crippen molar-refractivity contribution in [2.24, 2.45) is 11.8 Å². The van der Waals surface area contributed by atoms with Crippen LogP contribution in [0.1, 0.15) is 40.5 Å². The second kappa shape index (κ2) is 9.47. The van der Waals surface area contributed by atoms with Crippen molar-refractivity contribution in [1.29, 1.82) is 0 Å². The van der Waals surface area contributed by atoms with Crippen LogP contribution in [0.25, 0.3) is 0 Å². The van der Waals surface area contributed by atoms with E-state index in [1.165, 1.54) is 12.8 Å². The Labute approximate surface area is 89.4 Å². The van der Waals surface area contributed by atoms with Crippen molar-refractivity contribution < 1.29 is 4.74 Å². The van der Waals surface area contributed by atoms with Crippen molar-refractivity contribution in [3.05, 3.63) is 0 Å². The molecule has 0 amide bonds. The third-order valence-corrected chi connectivity index (χ3v) is 2.67. The van der Waals surface area contributed by atoms with Gasteiger partial charge >= 0.3 is 0 Å². The molecule has 0 aromatic heterocycles. The van der Waals surface area contributed by atoms with Gasteiger partial charge in [-0.15, -0.1) is 0 Å². The average molecular weight is 201 g/mol. The molecule has 0 fully saturated rings. The van der Waals surface area contributed by atoms with Crippen LogP contribution in [0.3, 0.4) is 0 Å². The molecule has 2 heteroatoms. The largest absolute Gasteiger partial charge is 0.380 e. The van der Waals surface area contributed by atoms with E-state index in [4.69, 9.17) is 4.74 Å². The highest BCUT2D eigenvalue weighted by molar-refractivity contribution is 4.59. The van der Waals surface area contributed by atoms with Gasteiger partial charge in [0.2, 0.25) is 0 Å². The zero-order chi connectivity index (χ0) is 10.8. The van der Waals surface area contributed by atoms with Crippen LogP contribution in [0.2, 0.25) is 0 Å². The number of hydrogen-bond donors (Lipinski definition) is 1. The number of unbranched alkanes of at least 4 members (excludes halogenated alkanes) is 1. The van der Waals surface area contributed by atoms with Crippen molar-refractivity contribution in [2.45, 2.75) is 40.5 Å². The van der Waals surface area contributed by atoms with Crippen molar-refractivity contribution in [3.8, 4) is 0 Å². The van der Waals surface area contributed by atoms with Gasteiger partial charge in [-0.1, -0.05) is 34.1 Å². The molecule has 1 unspecified atom stereocenters. The minimum Gasteiger partial charge on any atom is -0.380 e. The topological polar surface area (TPSA) is 21.3 Å². The van der Waals surface area contributed by atoms with Gasteiger partial charge in [-0.3, -0.25) is 0 Å². The summed E-state index contributed by atoms with van der Waals surface area (Å²) in [4.78, 5) is 0. The van der Waals surface area contributed by atoms with Crippen molar-refractivity contribution in [1.82, 2.24) is 5.32 Å². The van der Waals surface area contributed by atoms with Crippen LogP contribution in [-0.2, 0) is 4.74 Å². The fourth-order valence-corrected chi connectivity index (χ4v) is 1.06. The summed E-state index contributed by atoms with van der Waals surface area (Å²) >= 11 is 0. The molecule has 0 radical (unpaired) electrons. The molecule has 0 aliphatic rings. The van der Waals surface area contributed by atoms with Crippen LogP contribution in [0.5, 0.6) is 0 Å². The Hall–Kier alpha value is -0.0800. The van der Waals surface area contributed by atoms with Gasteiger partial charge in [0.05, 0.1) is 6.61 Å². The standard InChI is InChI=1S/C12H27NO/c1-5-6-8-14-9-7-13-10-12(4)11(2)3/h11-13H,5-10H2,1-4H3. The Bertz CT molecular complexity index is 115. The van der Waals surface area contributed by atoms with E-state index >= 15 is 0 Å². The van der Waals surface area contributed by atoms with Gasteiger partial charge in [-0.25, -0.2) is 0 Å². The molecule has 0 bridgehead atoms.